The van der Waals surface area contributed by atoms with Crippen molar-refractivity contribution in [1.29, 1.82) is 0 Å². The van der Waals surface area contributed by atoms with Crippen molar-refractivity contribution in [3.05, 3.63) is 24.4 Å². The van der Waals surface area contributed by atoms with E-state index in [1.807, 2.05) is 39.0 Å². The predicted octanol–water partition coefficient (Wildman–Crippen LogP) is 3.02. The van der Waals surface area contributed by atoms with E-state index in [2.05, 4.69) is 15.6 Å². The number of pyridine rings is 1. The van der Waals surface area contributed by atoms with Gasteiger partial charge in [0, 0.05) is 26.3 Å². The molecule has 0 fully saturated rings. The maximum Gasteiger partial charge on any atom is 0.410 e. The number of ether oxygens (including phenoxy) is 1. The average Bonchev–Trinajstić information content (AvgIpc) is 2.46. The molecule has 0 saturated heterocycles. The van der Waals surface area contributed by atoms with Gasteiger partial charge in [0.2, 0.25) is 0 Å². The van der Waals surface area contributed by atoms with Crippen LogP contribution in [0.4, 0.5) is 10.6 Å². The quantitative estimate of drug-likeness (QED) is 0.614. The number of carbonyl (C=O) groups is 1. The summed E-state index contributed by atoms with van der Waals surface area (Å²) < 4.78 is 5.29. The van der Waals surface area contributed by atoms with E-state index < -0.39 is 5.60 Å². The Morgan fingerprint density at radius 2 is 2.09 bits per heavy atom. The number of rotatable bonds is 6. The predicted molar refractivity (Wildman–Crippen MR) is 96.6 cm³/mol. The summed E-state index contributed by atoms with van der Waals surface area (Å²) in [6.45, 7) is 6.96. The third-order valence-electron chi connectivity index (χ3n) is 2.82. The van der Waals surface area contributed by atoms with E-state index in [9.17, 15) is 4.79 Å². The summed E-state index contributed by atoms with van der Waals surface area (Å²) in [7, 11) is 1.74. The van der Waals surface area contributed by atoms with E-state index in [0.717, 1.165) is 25.2 Å². The second-order valence-electron chi connectivity index (χ2n) is 6.20. The van der Waals surface area contributed by atoms with Crippen molar-refractivity contribution < 1.29 is 9.53 Å². The zero-order chi connectivity index (χ0) is 17.3. The number of carbonyl (C=O) groups excluding carboxylic acids is 1. The minimum atomic E-state index is -0.462. The number of hydrogen-bond acceptors (Lipinski definition) is 4. The summed E-state index contributed by atoms with van der Waals surface area (Å²) in [4.78, 5) is 17.5. The molecule has 1 amide bonds. The molecule has 0 aliphatic heterocycles. The first-order valence-corrected chi connectivity index (χ1v) is 8.09. The highest BCUT2D eigenvalue weighted by Gasteiger charge is 2.18. The number of anilines is 1. The summed E-state index contributed by atoms with van der Waals surface area (Å²) in [6, 6.07) is 5.59. The minimum Gasteiger partial charge on any atom is -0.444 e. The Labute approximate surface area is 143 Å². The first kappa shape index (κ1) is 19.2. The smallest absolute Gasteiger partial charge is 0.410 e. The molecule has 0 unspecified atom stereocenters. The lowest BCUT2D eigenvalue weighted by Gasteiger charge is -2.24. The number of nitrogens with one attached hydrogen (secondary N) is 2. The van der Waals surface area contributed by atoms with Crippen LogP contribution in [-0.4, -0.2) is 46.8 Å². The maximum absolute atomic E-state index is 11.8. The number of amides is 1. The van der Waals surface area contributed by atoms with Crippen LogP contribution in [0.2, 0.25) is 0 Å². The molecule has 128 valence electrons. The molecule has 0 bridgehead atoms. The molecule has 0 atom stereocenters. The van der Waals surface area contributed by atoms with Gasteiger partial charge in [0.1, 0.15) is 11.4 Å². The second-order valence-corrected chi connectivity index (χ2v) is 6.61. The monoisotopic (exact) mass is 338 g/mol. The van der Waals surface area contributed by atoms with E-state index in [0.29, 0.717) is 11.7 Å². The van der Waals surface area contributed by atoms with Crippen LogP contribution in [0, 0.1) is 0 Å². The lowest BCUT2D eigenvalue weighted by Crippen LogP contribution is -2.35. The lowest BCUT2D eigenvalue weighted by molar-refractivity contribution is 0.0296. The Balaban J connectivity index is 2.13. The van der Waals surface area contributed by atoms with E-state index >= 15 is 0 Å². The Morgan fingerprint density at radius 1 is 1.35 bits per heavy atom. The number of thiocarbonyl (C=S) groups is 1. The van der Waals surface area contributed by atoms with E-state index in [-0.39, 0.29) is 6.09 Å². The lowest BCUT2D eigenvalue weighted by atomic mass is 10.2. The fourth-order valence-electron chi connectivity index (χ4n) is 1.70. The van der Waals surface area contributed by atoms with Crippen molar-refractivity contribution in [3.8, 4) is 0 Å². The van der Waals surface area contributed by atoms with Gasteiger partial charge < -0.3 is 20.3 Å². The molecule has 1 heterocycles. The molecule has 0 radical (unpaired) electrons. The molecular formula is C16H26N4O2S. The van der Waals surface area contributed by atoms with Gasteiger partial charge in [-0.1, -0.05) is 6.07 Å². The van der Waals surface area contributed by atoms with Gasteiger partial charge in [0.15, 0.2) is 5.11 Å². The Kier molecular flexibility index (Phi) is 7.74. The van der Waals surface area contributed by atoms with Gasteiger partial charge in [0.05, 0.1) is 0 Å². The standard InChI is InChI=1S/C16H26N4O2S/c1-16(2,3)22-15(21)20(4)12-8-7-11-18-14(23)19-13-9-5-6-10-17-13/h5-6,9-10H,7-8,11-12H2,1-4H3,(H2,17,18,19,23). The van der Waals surface area contributed by atoms with Crippen molar-refractivity contribution in [1.82, 2.24) is 15.2 Å². The van der Waals surface area contributed by atoms with Crippen molar-refractivity contribution in [2.75, 3.05) is 25.5 Å². The zero-order valence-corrected chi connectivity index (χ0v) is 15.1. The van der Waals surface area contributed by atoms with Crippen LogP contribution < -0.4 is 10.6 Å². The Bertz CT molecular complexity index is 503. The minimum absolute atomic E-state index is 0.294. The van der Waals surface area contributed by atoms with Crippen molar-refractivity contribution in [2.45, 2.75) is 39.2 Å². The molecule has 0 saturated carbocycles. The van der Waals surface area contributed by atoms with Gasteiger partial charge in [-0.25, -0.2) is 9.78 Å². The Hall–Kier alpha value is -1.89. The summed E-state index contributed by atoms with van der Waals surface area (Å²) in [6.07, 6.45) is 3.18. The fourth-order valence-corrected chi connectivity index (χ4v) is 1.91. The molecule has 6 nitrogen and oxygen atoms in total. The number of nitrogens with zero attached hydrogens (tertiary/aromatic N) is 2. The summed E-state index contributed by atoms with van der Waals surface area (Å²) in [5.41, 5.74) is -0.462. The maximum atomic E-state index is 11.8. The largest absolute Gasteiger partial charge is 0.444 e. The molecule has 23 heavy (non-hydrogen) atoms. The number of hydrogen-bond donors (Lipinski definition) is 2. The summed E-state index contributed by atoms with van der Waals surface area (Å²) in [5, 5.41) is 6.67. The highest BCUT2D eigenvalue weighted by atomic mass is 32.1. The van der Waals surface area contributed by atoms with Crippen molar-refractivity contribution in [3.63, 3.8) is 0 Å². The van der Waals surface area contributed by atoms with Crippen LogP contribution >= 0.6 is 12.2 Å². The van der Waals surface area contributed by atoms with Crippen molar-refractivity contribution in [2.24, 2.45) is 0 Å². The first-order valence-electron chi connectivity index (χ1n) is 7.68. The molecule has 0 spiro atoms. The normalized spacial score (nSPS) is 10.8. The number of unbranched alkanes of at least 4 members (excludes halogenated alkanes) is 1. The third kappa shape index (κ3) is 8.97. The molecule has 0 aromatic carbocycles. The highest BCUT2D eigenvalue weighted by molar-refractivity contribution is 7.80. The molecule has 1 aromatic rings. The molecule has 2 N–H and O–H groups in total. The first-order chi connectivity index (χ1) is 10.8. The van der Waals surface area contributed by atoms with Gasteiger partial charge in [-0.2, -0.15) is 0 Å². The van der Waals surface area contributed by atoms with Crippen LogP contribution in [0.1, 0.15) is 33.6 Å². The SMILES string of the molecule is CN(CCCCNC(=S)Nc1ccccn1)C(=O)OC(C)(C)C. The molecule has 0 aliphatic carbocycles. The van der Waals surface area contributed by atoms with Crippen LogP contribution in [0.3, 0.4) is 0 Å². The van der Waals surface area contributed by atoms with Gasteiger partial charge >= 0.3 is 6.09 Å². The van der Waals surface area contributed by atoms with Gasteiger partial charge in [-0.15, -0.1) is 0 Å². The fraction of sp³-hybridized carbons (Fsp3) is 0.562. The topological polar surface area (TPSA) is 66.5 Å². The van der Waals surface area contributed by atoms with Crippen LogP contribution in [0.25, 0.3) is 0 Å². The molecular weight excluding hydrogens is 312 g/mol. The van der Waals surface area contributed by atoms with Gasteiger partial charge in [0.25, 0.3) is 0 Å². The number of aromatic nitrogens is 1. The summed E-state index contributed by atoms with van der Waals surface area (Å²) in [5.74, 6) is 0.717. The molecule has 1 rings (SSSR count). The van der Waals surface area contributed by atoms with Crippen molar-refractivity contribution >= 4 is 29.2 Å². The Morgan fingerprint density at radius 3 is 2.70 bits per heavy atom. The van der Waals surface area contributed by atoms with Crippen LogP contribution in [-0.2, 0) is 4.74 Å². The summed E-state index contributed by atoms with van der Waals surface area (Å²) >= 11 is 5.19. The van der Waals surface area contributed by atoms with Crippen LogP contribution in [0.15, 0.2) is 24.4 Å². The third-order valence-corrected chi connectivity index (χ3v) is 3.06. The van der Waals surface area contributed by atoms with Gasteiger partial charge in [-0.05, 0) is 58.0 Å². The van der Waals surface area contributed by atoms with E-state index in [1.165, 1.54) is 0 Å². The van der Waals surface area contributed by atoms with E-state index in [4.69, 9.17) is 17.0 Å². The average molecular weight is 338 g/mol. The van der Waals surface area contributed by atoms with E-state index in [1.54, 1.807) is 18.1 Å². The molecule has 7 heteroatoms. The molecule has 0 aliphatic rings. The highest BCUT2D eigenvalue weighted by Crippen LogP contribution is 2.09. The van der Waals surface area contributed by atoms with Crippen LogP contribution in [0.5, 0.6) is 0 Å². The second kappa shape index (κ2) is 9.29. The molecule has 1 aromatic heterocycles. The van der Waals surface area contributed by atoms with Gasteiger partial charge in [-0.3, -0.25) is 0 Å². The zero-order valence-electron chi connectivity index (χ0n) is 14.3.